The Morgan fingerprint density at radius 2 is 1.96 bits per heavy atom. The van der Waals surface area contributed by atoms with Gasteiger partial charge in [-0.15, -0.1) is 0 Å². The third-order valence-electron chi connectivity index (χ3n) is 3.94. The summed E-state index contributed by atoms with van der Waals surface area (Å²) in [5.74, 6) is 0.0428. The number of hydrogen-bond donors (Lipinski definition) is 2. The summed E-state index contributed by atoms with van der Waals surface area (Å²) in [4.78, 5) is 31.8. The molecule has 3 aromatic rings. The van der Waals surface area contributed by atoms with E-state index in [1.807, 2.05) is 30.3 Å². The first-order chi connectivity index (χ1) is 13.0. The smallest absolute Gasteiger partial charge is 0.288 e. The number of anilines is 1. The van der Waals surface area contributed by atoms with Gasteiger partial charge in [-0.2, -0.15) is 0 Å². The molecule has 0 aliphatic carbocycles. The normalized spacial score (nSPS) is 10.3. The van der Waals surface area contributed by atoms with Crippen LogP contribution in [-0.4, -0.2) is 35.9 Å². The number of aromatic nitrogens is 2. The van der Waals surface area contributed by atoms with E-state index in [4.69, 9.17) is 4.74 Å². The summed E-state index contributed by atoms with van der Waals surface area (Å²) in [6.45, 7) is 3.45. The van der Waals surface area contributed by atoms with Crippen molar-refractivity contribution in [2.75, 3.05) is 19.5 Å². The Morgan fingerprint density at radius 1 is 1.15 bits per heavy atom. The lowest BCUT2D eigenvalue weighted by molar-refractivity contribution is -0.111. The second kappa shape index (κ2) is 7.65. The zero-order valence-electron chi connectivity index (χ0n) is 14.9. The van der Waals surface area contributed by atoms with Crippen LogP contribution in [-0.2, 0) is 4.79 Å². The van der Waals surface area contributed by atoms with Gasteiger partial charge < -0.3 is 15.4 Å². The summed E-state index contributed by atoms with van der Waals surface area (Å²) in [6.07, 6.45) is 2.81. The van der Waals surface area contributed by atoms with Crippen LogP contribution in [0, 0.1) is 0 Å². The number of fused-ring (bicyclic) bond motifs is 1. The number of rotatable bonds is 5. The summed E-state index contributed by atoms with van der Waals surface area (Å²) in [6, 6.07) is 11.0. The van der Waals surface area contributed by atoms with Crippen molar-refractivity contribution in [1.29, 1.82) is 0 Å². The van der Waals surface area contributed by atoms with Gasteiger partial charge in [0.25, 0.3) is 5.91 Å². The van der Waals surface area contributed by atoms with Crippen molar-refractivity contribution >= 4 is 28.4 Å². The molecule has 2 amide bonds. The first-order valence-corrected chi connectivity index (χ1v) is 8.16. The van der Waals surface area contributed by atoms with Crippen molar-refractivity contribution in [3.8, 4) is 16.9 Å². The second-order valence-corrected chi connectivity index (χ2v) is 5.69. The summed E-state index contributed by atoms with van der Waals surface area (Å²) >= 11 is 0. The van der Waals surface area contributed by atoms with E-state index < -0.39 is 0 Å². The number of nitrogens with one attached hydrogen (secondary N) is 2. The maximum Gasteiger partial charge on any atom is 0.288 e. The Labute approximate surface area is 156 Å². The van der Waals surface area contributed by atoms with E-state index in [0.29, 0.717) is 17.0 Å². The van der Waals surface area contributed by atoms with Crippen molar-refractivity contribution in [2.45, 2.75) is 0 Å². The van der Waals surface area contributed by atoms with Gasteiger partial charge >= 0.3 is 0 Å². The fraction of sp³-hybridized carbons (Fsp3) is 0.100. The van der Waals surface area contributed by atoms with Gasteiger partial charge in [0.15, 0.2) is 0 Å². The zero-order chi connectivity index (χ0) is 19.4. The molecule has 136 valence electrons. The van der Waals surface area contributed by atoms with Crippen LogP contribution in [0.15, 0.2) is 55.3 Å². The van der Waals surface area contributed by atoms with E-state index >= 15 is 0 Å². The van der Waals surface area contributed by atoms with Crippen molar-refractivity contribution in [3.05, 3.63) is 61.1 Å². The number of carbonyl (C=O) groups excluding carboxylic acids is 2. The number of nitrogens with zero attached hydrogens (tertiary/aromatic N) is 2. The molecule has 0 saturated heterocycles. The van der Waals surface area contributed by atoms with Gasteiger partial charge in [0.1, 0.15) is 5.75 Å². The molecule has 0 unspecified atom stereocenters. The summed E-state index contributed by atoms with van der Waals surface area (Å²) < 4.78 is 5.33. The highest BCUT2D eigenvalue weighted by molar-refractivity contribution is 5.99. The van der Waals surface area contributed by atoms with Crippen LogP contribution in [0.1, 0.15) is 10.6 Å². The van der Waals surface area contributed by atoms with Gasteiger partial charge in [-0.05, 0) is 35.4 Å². The minimum atomic E-state index is -0.349. The Kier molecular flexibility index (Phi) is 5.12. The van der Waals surface area contributed by atoms with E-state index in [0.717, 1.165) is 16.5 Å². The Balaban J connectivity index is 2.07. The molecular weight excluding hydrogens is 344 g/mol. The predicted octanol–water partition coefficient (Wildman–Crippen LogP) is 2.79. The SMILES string of the molecule is C=CC(=O)Nc1cc(OC)cc(-c2ccc3cnc(C(=O)NC)nc3c2)c1. The molecule has 27 heavy (non-hydrogen) atoms. The molecule has 1 aromatic heterocycles. The largest absolute Gasteiger partial charge is 0.497 e. The maximum atomic E-state index is 11.8. The molecule has 0 bridgehead atoms. The van der Waals surface area contributed by atoms with Gasteiger partial charge in [0.2, 0.25) is 11.7 Å². The first-order valence-electron chi connectivity index (χ1n) is 8.16. The van der Waals surface area contributed by atoms with Crippen LogP contribution in [0.5, 0.6) is 5.75 Å². The second-order valence-electron chi connectivity index (χ2n) is 5.69. The molecule has 2 N–H and O–H groups in total. The van der Waals surface area contributed by atoms with Gasteiger partial charge in [0.05, 0.1) is 12.6 Å². The van der Waals surface area contributed by atoms with Crippen molar-refractivity contribution in [3.63, 3.8) is 0 Å². The van der Waals surface area contributed by atoms with Crippen molar-refractivity contribution < 1.29 is 14.3 Å². The maximum absolute atomic E-state index is 11.8. The van der Waals surface area contributed by atoms with Crippen molar-refractivity contribution in [2.24, 2.45) is 0 Å². The molecule has 0 saturated carbocycles. The van der Waals surface area contributed by atoms with Crippen LogP contribution in [0.4, 0.5) is 5.69 Å². The highest BCUT2D eigenvalue weighted by Gasteiger charge is 2.10. The highest BCUT2D eigenvalue weighted by Crippen LogP contribution is 2.30. The molecular formula is C20H18N4O3. The molecule has 0 fully saturated rings. The van der Waals surface area contributed by atoms with E-state index in [-0.39, 0.29) is 17.6 Å². The molecule has 2 aromatic carbocycles. The third-order valence-corrected chi connectivity index (χ3v) is 3.94. The fourth-order valence-corrected chi connectivity index (χ4v) is 2.57. The monoisotopic (exact) mass is 362 g/mol. The van der Waals surface area contributed by atoms with E-state index in [2.05, 4.69) is 27.2 Å². The molecule has 0 spiro atoms. The molecule has 7 heteroatoms. The summed E-state index contributed by atoms with van der Waals surface area (Å²) in [5, 5.41) is 6.05. The molecule has 0 aliphatic heterocycles. The van der Waals surface area contributed by atoms with Gasteiger partial charge in [-0.1, -0.05) is 18.7 Å². The minimum absolute atomic E-state index is 0.103. The number of hydrogen-bond acceptors (Lipinski definition) is 5. The molecule has 7 nitrogen and oxygen atoms in total. The topological polar surface area (TPSA) is 93.2 Å². The van der Waals surface area contributed by atoms with Gasteiger partial charge in [0, 0.05) is 30.4 Å². The number of benzene rings is 2. The number of methoxy groups -OCH3 is 1. The van der Waals surface area contributed by atoms with Gasteiger partial charge in [-0.25, -0.2) is 9.97 Å². The Hall–Kier alpha value is -3.74. The first kappa shape index (κ1) is 18.1. The lowest BCUT2D eigenvalue weighted by Crippen LogP contribution is -2.20. The molecule has 0 atom stereocenters. The predicted molar refractivity (Wildman–Crippen MR) is 104 cm³/mol. The molecule has 0 aliphatic rings. The van der Waals surface area contributed by atoms with E-state index in [1.54, 1.807) is 19.4 Å². The Bertz CT molecular complexity index is 1050. The molecule has 3 rings (SSSR count). The number of amides is 2. The highest BCUT2D eigenvalue weighted by atomic mass is 16.5. The van der Waals surface area contributed by atoms with E-state index in [9.17, 15) is 9.59 Å². The molecule has 0 radical (unpaired) electrons. The van der Waals surface area contributed by atoms with Crippen LogP contribution < -0.4 is 15.4 Å². The van der Waals surface area contributed by atoms with Gasteiger partial charge in [-0.3, -0.25) is 9.59 Å². The standard InChI is InChI=1S/C20H18N4O3/c1-4-18(25)23-15-7-14(8-16(10-15)27-3)12-5-6-13-11-22-19(20(26)21-2)24-17(13)9-12/h4-11H,1H2,2-3H3,(H,21,26)(H,23,25). The van der Waals surface area contributed by atoms with E-state index in [1.165, 1.54) is 13.1 Å². The van der Waals surface area contributed by atoms with Crippen molar-refractivity contribution in [1.82, 2.24) is 15.3 Å². The lowest BCUT2D eigenvalue weighted by Gasteiger charge is -2.10. The molecule has 1 heterocycles. The summed E-state index contributed by atoms with van der Waals surface area (Å²) in [7, 11) is 3.09. The zero-order valence-corrected chi connectivity index (χ0v) is 14.9. The number of carbonyl (C=O) groups is 2. The van der Waals surface area contributed by atoms with Crippen LogP contribution >= 0.6 is 0 Å². The van der Waals surface area contributed by atoms with Crippen LogP contribution in [0.3, 0.4) is 0 Å². The minimum Gasteiger partial charge on any atom is -0.497 e. The average Bonchev–Trinajstić information content (AvgIpc) is 2.71. The summed E-state index contributed by atoms with van der Waals surface area (Å²) in [5.41, 5.74) is 2.91. The third kappa shape index (κ3) is 3.92. The van der Waals surface area contributed by atoms with Crippen LogP contribution in [0.25, 0.3) is 22.0 Å². The van der Waals surface area contributed by atoms with Crippen LogP contribution in [0.2, 0.25) is 0 Å². The quantitative estimate of drug-likeness (QED) is 0.681. The Morgan fingerprint density at radius 3 is 2.67 bits per heavy atom. The fourth-order valence-electron chi connectivity index (χ4n) is 2.57. The average molecular weight is 362 g/mol. The lowest BCUT2D eigenvalue weighted by atomic mass is 10.0. The number of ether oxygens (including phenoxy) is 1.